The third kappa shape index (κ3) is 2.18. The number of ether oxygens (including phenoxy) is 3. The number of aliphatic hydroxyl groups is 1. The van der Waals surface area contributed by atoms with E-state index in [-0.39, 0.29) is 18.1 Å². The summed E-state index contributed by atoms with van der Waals surface area (Å²) < 4.78 is 18.8. The van der Waals surface area contributed by atoms with Crippen molar-refractivity contribution in [3.05, 3.63) is 12.0 Å². The van der Waals surface area contributed by atoms with Gasteiger partial charge in [0, 0.05) is 0 Å². The van der Waals surface area contributed by atoms with Gasteiger partial charge in [-0.1, -0.05) is 0 Å². The number of primary amides is 1. The Morgan fingerprint density at radius 1 is 1.48 bits per heavy atom. The number of carbonyl (C=O) groups is 1. The Morgan fingerprint density at radius 2 is 2.14 bits per heavy atom. The molecule has 2 aliphatic rings. The summed E-state index contributed by atoms with van der Waals surface area (Å²) in [6, 6.07) is 0. The Bertz CT molecular complexity index is 572. The first-order chi connectivity index (χ1) is 9.84. The van der Waals surface area contributed by atoms with Gasteiger partial charge in [0.1, 0.15) is 24.1 Å². The van der Waals surface area contributed by atoms with E-state index in [0.717, 1.165) is 0 Å². The second-order valence-corrected chi connectivity index (χ2v) is 5.56. The van der Waals surface area contributed by atoms with Crippen LogP contribution in [0.2, 0.25) is 0 Å². The van der Waals surface area contributed by atoms with Crippen molar-refractivity contribution < 1.29 is 24.1 Å². The minimum Gasteiger partial charge on any atom is -0.394 e. The van der Waals surface area contributed by atoms with Crippen LogP contribution in [0, 0.1) is 0 Å². The van der Waals surface area contributed by atoms with E-state index in [1.54, 1.807) is 13.8 Å². The van der Waals surface area contributed by atoms with Crippen molar-refractivity contribution >= 4 is 11.7 Å². The molecule has 0 saturated carbocycles. The predicted octanol–water partition coefficient (Wildman–Crippen LogP) is -1.03. The van der Waals surface area contributed by atoms with E-state index in [1.807, 2.05) is 0 Å². The van der Waals surface area contributed by atoms with Crippen molar-refractivity contribution in [3.8, 4) is 0 Å². The average Bonchev–Trinajstić information content (AvgIpc) is 3.00. The van der Waals surface area contributed by atoms with E-state index >= 15 is 0 Å². The summed E-state index contributed by atoms with van der Waals surface area (Å²) >= 11 is 0. The summed E-state index contributed by atoms with van der Waals surface area (Å²) in [6.07, 6.45) is -0.704. The van der Waals surface area contributed by atoms with Gasteiger partial charge in [0.05, 0.1) is 12.9 Å². The van der Waals surface area contributed by atoms with Crippen LogP contribution in [0.5, 0.6) is 0 Å². The van der Waals surface area contributed by atoms with Crippen LogP contribution in [0.1, 0.15) is 30.6 Å². The molecule has 9 heteroatoms. The highest BCUT2D eigenvalue weighted by Gasteiger charge is 2.56. The lowest BCUT2D eigenvalue weighted by Gasteiger charge is -2.24. The maximum absolute atomic E-state index is 11.2. The van der Waals surface area contributed by atoms with Crippen LogP contribution in [0.4, 0.5) is 5.82 Å². The maximum Gasteiger partial charge on any atom is 0.271 e. The molecule has 3 heterocycles. The number of rotatable bonds is 3. The largest absolute Gasteiger partial charge is 0.394 e. The summed E-state index contributed by atoms with van der Waals surface area (Å²) in [5, 5.41) is 9.42. The van der Waals surface area contributed by atoms with Gasteiger partial charge in [-0.05, 0) is 13.8 Å². The van der Waals surface area contributed by atoms with Gasteiger partial charge < -0.3 is 30.8 Å². The molecule has 1 amide bonds. The van der Waals surface area contributed by atoms with Crippen LogP contribution in [0.25, 0.3) is 0 Å². The third-order valence-corrected chi connectivity index (χ3v) is 3.64. The molecular weight excluding hydrogens is 280 g/mol. The molecule has 0 aliphatic carbocycles. The topological polar surface area (TPSA) is 135 Å². The normalized spacial score (nSPS) is 34.0. The van der Waals surface area contributed by atoms with Gasteiger partial charge in [-0.2, -0.15) is 0 Å². The number of aromatic nitrogens is 2. The zero-order valence-electron chi connectivity index (χ0n) is 11.7. The summed E-state index contributed by atoms with van der Waals surface area (Å²) in [5.41, 5.74) is 11.1. The van der Waals surface area contributed by atoms with Crippen molar-refractivity contribution in [1.29, 1.82) is 0 Å². The highest BCUT2D eigenvalue weighted by atomic mass is 16.8. The lowest BCUT2D eigenvalue weighted by atomic mass is 10.1. The van der Waals surface area contributed by atoms with E-state index in [2.05, 4.69) is 4.98 Å². The molecule has 5 N–H and O–H groups in total. The van der Waals surface area contributed by atoms with E-state index in [4.69, 9.17) is 25.7 Å². The highest BCUT2D eigenvalue weighted by Crippen LogP contribution is 2.43. The summed E-state index contributed by atoms with van der Waals surface area (Å²) in [5.74, 6) is -1.41. The molecule has 1 aromatic heterocycles. The smallest absolute Gasteiger partial charge is 0.271 e. The quantitative estimate of drug-likeness (QED) is 0.649. The first kappa shape index (κ1) is 14.3. The monoisotopic (exact) mass is 298 g/mol. The molecule has 2 saturated heterocycles. The zero-order chi connectivity index (χ0) is 15.4. The number of amides is 1. The van der Waals surface area contributed by atoms with Crippen molar-refractivity contribution in [1.82, 2.24) is 9.55 Å². The van der Waals surface area contributed by atoms with E-state index in [0.29, 0.717) is 0 Å². The fourth-order valence-corrected chi connectivity index (χ4v) is 2.79. The van der Waals surface area contributed by atoms with Gasteiger partial charge in [0.2, 0.25) is 0 Å². The number of anilines is 1. The zero-order valence-corrected chi connectivity index (χ0v) is 11.7. The molecule has 116 valence electrons. The second kappa shape index (κ2) is 4.67. The Kier molecular flexibility index (Phi) is 3.17. The first-order valence-corrected chi connectivity index (χ1v) is 6.58. The molecule has 21 heavy (non-hydrogen) atoms. The Morgan fingerprint density at radius 3 is 2.71 bits per heavy atom. The van der Waals surface area contributed by atoms with E-state index < -0.39 is 36.2 Å². The van der Waals surface area contributed by atoms with Gasteiger partial charge in [-0.3, -0.25) is 9.36 Å². The summed E-state index contributed by atoms with van der Waals surface area (Å²) in [6.45, 7) is 3.35. The lowest BCUT2D eigenvalue weighted by molar-refractivity contribution is -0.199. The molecule has 2 aliphatic heterocycles. The fraction of sp³-hybridized carbons (Fsp3) is 0.667. The molecule has 0 spiro atoms. The number of aliphatic hydroxyl groups excluding tert-OH is 1. The predicted molar refractivity (Wildman–Crippen MR) is 70.0 cm³/mol. The molecule has 3 rings (SSSR count). The summed E-state index contributed by atoms with van der Waals surface area (Å²) in [4.78, 5) is 15.1. The number of hydrogen-bond acceptors (Lipinski definition) is 7. The molecule has 1 aromatic rings. The fourth-order valence-electron chi connectivity index (χ4n) is 2.79. The van der Waals surface area contributed by atoms with Crippen molar-refractivity contribution in [3.63, 3.8) is 0 Å². The second-order valence-electron chi connectivity index (χ2n) is 5.56. The van der Waals surface area contributed by atoms with Crippen molar-refractivity contribution in [2.75, 3.05) is 12.3 Å². The molecule has 0 bridgehead atoms. The van der Waals surface area contributed by atoms with Crippen LogP contribution in [0.3, 0.4) is 0 Å². The number of imidazole rings is 1. The molecule has 9 nitrogen and oxygen atoms in total. The molecule has 4 atom stereocenters. The van der Waals surface area contributed by atoms with E-state index in [1.165, 1.54) is 10.9 Å². The Labute approximate surface area is 120 Å². The van der Waals surface area contributed by atoms with Crippen LogP contribution >= 0.6 is 0 Å². The highest BCUT2D eigenvalue weighted by molar-refractivity contribution is 5.95. The number of carbonyl (C=O) groups excluding carboxylic acids is 1. The third-order valence-electron chi connectivity index (χ3n) is 3.64. The van der Waals surface area contributed by atoms with Gasteiger partial charge in [0.15, 0.2) is 17.7 Å². The van der Waals surface area contributed by atoms with Crippen LogP contribution < -0.4 is 11.5 Å². The van der Waals surface area contributed by atoms with Crippen molar-refractivity contribution in [2.24, 2.45) is 5.73 Å². The Hall–Kier alpha value is -1.68. The molecule has 0 radical (unpaired) electrons. The van der Waals surface area contributed by atoms with Gasteiger partial charge in [-0.15, -0.1) is 0 Å². The molecule has 2 fully saturated rings. The minimum absolute atomic E-state index is 0.0271. The van der Waals surface area contributed by atoms with Gasteiger partial charge in [-0.25, -0.2) is 4.98 Å². The standard InChI is InChI=1S/C12H18N4O5/c1-12(2)20-7-5(3-17)19-11(8(7)21-12)16-4-15-6(9(16)13)10(14)18/h4-5,7-8,11,17H,3,13H2,1-2H3,(H2,14,18)/t5-,7-,8+,11-/m1/s1. The van der Waals surface area contributed by atoms with E-state index in [9.17, 15) is 9.90 Å². The maximum atomic E-state index is 11.2. The SMILES string of the molecule is CC1(C)O[C@H]2[C@H](O1)[C@@H](CO)O[C@H]2n1cnc(C(N)=O)c1N. The molecule has 0 aromatic carbocycles. The van der Waals surface area contributed by atoms with Gasteiger partial charge >= 0.3 is 0 Å². The summed E-state index contributed by atoms with van der Waals surface area (Å²) in [7, 11) is 0. The van der Waals surface area contributed by atoms with Crippen LogP contribution in [-0.2, 0) is 14.2 Å². The molecule has 0 unspecified atom stereocenters. The number of nitrogen functional groups attached to an aromatic ring is 1. The van der Waals surface area contributed by atoms with Crippen molar-refractivity contribution in [2.45, 2.75) is 44.2 Å². The van der Waals surface area contributed by atoms with Crippen LogP contribution in [0.15, 0.2) is 6.33 Å². The average molecular weight is 298 g/mol. The Balaban J connectivity index is 1.94. The number of fused-ring (bicyclic) bond motifs is 1. The minimum atomic E-state index is -0.785. The number of hydrogen-bond donors (Lipinski definition) is 3. The number of nitrogens with zero attached hydrogens (tertiary/aromatic N) is 2. The first-order valence-electron chi connectivity index (χ1n) is 6.58. The van der Waals surface area contributed by atoms with Crippen LogP contribution in [-0.4, -0.2) is 51.3 Å². The van der Waals surface area contributed by atoms with Gasteiger partial charge in [0.25, 0.3) is 5.91 Å². The lowest BCUT2D eigenvalue weighted by Crippen LogP contribution is -2.31. The molecular formula is C12H18N4O5. The number of nitrogens with two attached hydrogens (primary N) is 2.